The highest BCUT2D eigenvalue weighted by Gasteiger charge is 1.95. The van der Waals surface area contributed by atoms with Gasteiger partial charge in [-0.05, 0) is 64.0 Å². The minimum Gasteiger partial charge on any atom is -0.0864 e. The smallest absolute Gasteiger partial charge is 0.0130 e. The van der Waals surface area contributed by atoms with Crippen molar-refractivity contribution in [1.82, 2.24) is 0 Å². The molecule has 114 valence electrons. The molecule has 2 heteroatoms. The molecule has 0 spiro atoms. The largest absolute Gasteiger partial charge is 0.0864 e. The van der Waals surface area contributed by atoms with Crippen LogP contribution in [-0.4, -0.2) is 4.43 Å². The van der Waals surface area contributed by atoms with Gasteiger partial charge in [-0.2, -0.15) is 0 Å². The Hall–Kier alpha value is 0.680. The summed E-state index contributed by atoms with van der Waals surface area (Å²) in [5.41, 5.74) is 1.50. The lowest BCUT2D eigenvalue weighted by Crippen LogP contribution is -1.87. The van der Waals surface area contributed by atoms with Crippen LogP contribution in [0.15, 0.2) is 24.3 Å². The summed E-state index contributed by atoms with van der Waals surface area (Å²) in [6.45, 7) is 0. The molecule has 0 atom stereocenters. The fourth-order valence-corrected chi connectivity index (χ4v) is 3.39. The molecule has 0 saturated heterocycles. The Labute approximate surface area is 152 Å². The van der Waals surface area contributed by atoms with Crippen molar-refractivity contribution < 1.29 is 0 Å². The molecule has 0 aliphatic heterocycles. The Balaban J connectivity index is 1.84. The zero-order chi connectivity index (χ0) is 14.5. The van der Waals surface area contributed by atoms with Gasteiger partial charge in [0.25, 0.3) is 0 Å². The average Bonchev–Trinajstić information content (AvgIpc) is 2.47. The molecule has 20 heavy (non-hydrogen) atoms. The maximum atomic E-state index is 2.48. The van der Waals surface area contributed by atoms with Crippen LogP contribution in [0.3, 0.4) is 0 Å². The van der Waals surface area contributed by atoms with Gasteiger partial charge in [0.1, 0.15) is 0 Å². The molecular formula is C18H28I2. The Morgan fingerprint density at radius 1 is 0.600 bits per heavy atom. The zero-order valence-electron chi connectivity index (χ0n) is 12.6. The highest BCUT2D eigenvalue weighted by atomic mass is 127. The van der Waals surface area contributed by atoms with Crippen molar-refractivity contribution in [3.05, 3.63) is 33.4 Å². The van der Waals surface area contributed by atoms with Crippen LogP contribution >= 0.6 is 45.2 Å². The monoisotopic (exact) mass is 498 g/mol. The van der Waals surface area contributed by atoms with Gasteiger partial charge >= 0.3 is 0 Å². The van der Waals surface area contributed by atoms with Crippen LogP contribution in [0.25, 0.3) is 0 Å². The second-order valence-electron chi connectivity index (χ2n) is 5.60. The lowest BCUT2D eigenvalue weighted by molar-refractivity contribution is 0.557. The number of rotatable bonds is 12. The molecule has 0 N–H and O–H groups in total. The lowest BCUT2D eigenvalue weighted by atomic mass is 10.0. The highest BCUT2D eigenvalue weighted by Crippen LogP contribution is 2.13. The van der Waals surface area contributed by atoms with Gasteiger partial charge in [0.2, 0.25) is 0 Å². The number of hydrogen-bond acceptors (Lipinski definition) is 0. The molecule has 0 nitrogen and oxygen atoms in total. The molecule has 0 radical (unpaired) electrons. The van der Waals surface area contributed by atoms with E-state index in [4.69, 9.17) is 0 Å². The summed E-state index contributed by atoms with van der Waals surface area (Å²) < 4.78 is 2.67. The predicted octanol–water partition coefficient (Wildman–Crippen LogP) is 7.17. The third-order valence-corrected chi connectivity index (χ3v) is 5.24. The SMILES string of the molecule is ICCCCCCCCCCCCc1ccc(I)cc1. The standard InChI is InChI=1S/C18H28I2/c19-16-10-8-6-4-2-1-3-5-7-9-11-17-12-14-18(20)15-13-17/h12-15H,1-11,16H2. The van der Waals surface area contributed by atoms with Gasteiger partial charge in [-0.25, -0.2) is 0 Å². The van der Waals surface area contributed by atoms with Crippen LogP contribution in [0.2, 0.25) is 0 Å². The molecule has 0 bridgehead atoms. The van der Waals surface area contributed by atoms with E-state index in [9.17, 15) is 0 Å². The molecule has 0 fully saturated rings. The van der Waals surface area contributed by atoms with Crippen molar-refractivity contribution in [3.63, 3.8) is 0 Å². The van der Waals surface area contributed by atoms with Crippen LogP contribution in [0, 0.1) is 3.57 Å². The van der Waals surface area contributed by atoms with E-state index in [-0.39, 0.29) is 0 Å². The van der Waals surface area contributed by atoms with Gasteiger partial charge in [0.15, 0.2) is 0 Å². The van der Waals surface area contributed by atoms with Gasteiger partial charge in [0.05, 0.1) is 0 Å². The number of halogens is 2. The van der Waals surface area contributed by atoms with Gasteiger partial charge < -0.3 is 0 Å². The van der Waals surface area contributed by atoms with Gasteiger partial charge in [-0.1, -0.05) is 86.1 Å². The minimum absolute atomic E-state index is 1.26. The zero-order valence-corrected chi connectivity index (χ0v) is 16.9. The fraction of sp³-hybridized carbons (Fsp3) is 0.667. The number of unbranched alkanes of at least 4 members (excludes halogenated alkanes) is 9. The summed E-state index contributed by atoms with van der Waals surface area (Å²) in [5, 5.41) is 0. The number of aryl methyl sites for hydroxylation is 1. The Kier molecular flexibility index (Phi) is 12.5. The molecule has 0 aliphatic carbocycles. The summed E-state index contributed by atoms with van der Waals surface area (Å²) in [4.78, 5) is 0. The maximum Gasteiger partial charge on any atom is 0.0130 e. The normalized spacial score (nSPS) is 10.9. The Morgan fingerprint density at radius 2 is 1.05 bits per heavy atom. The van der Waals surface area contributed by atoms with Gasteiger partial charge in [-0.15, -0.1) is 0 Å². The lowest BCUT2D eigenvalue weighted by Gasteiger charge is -2.03. The highest BCUT2D eigenvalue weighted by molar-refractivity contribution is 14.1. The molecule has 0 aromatic heterocycles. The molecule has 1 aromatic rings. The van der Waals surface area contributed by atoms with E-state index < -0.39 is 0 Å². The second-order valence-corrected chi connectivity index (χ2v) is 7.93. The van der Waals surface area contributed by atoms with Crippen molar-refractivity contribution in [1.29, 1.82) is 0 Å². The van der Waals surface area contributed by atoms with Crippen molar-refractivity contribution in [2.45, 2.75) is 70.6 Å². The average molecular weight is 498 g/mol. The van der Waals surface area contributed by atoms with Crippen LogP contribution in [0.5, 0.6) is 0 Å². The van der Waals surface area contributed by atoms with Crippen molar-refractivity contribution in [3.8, 4) is 0 Å². The number of hydrogen-bond donors (Lipinski definition) is 0. The van der Waals surface area contributed by atoms with Crippen LogP contribution < -0.4 is 0 Å². The topological polar surface area (TPSA) is 0 Å². The van der Waals surface area contributed by atoms with E-state index in [2.05, 4.69) is 69.4 Å². The molecule has 1 rings (SSSR count). The summed E-state index contributed by atoms with van der Waals surface area (Å²) in [5.74, 6) is 0. The first-order valence-electron chi connectivity index (χ1n) is 8.13. The summed E-state index contributed by atoms with van der Waals surface area (Å²) in [6.07, 6.45) is 15.6. The molecule has 0 saturated carbocycles. The van der Waals surface area contributed by atoms with Crippen molar-refractivity contribution in [2.75, 3.05) is 4.43 Å². The van der Waals surface area contributed by atoms with E-state index in [0.717, 1.165) is 0 Å². The van der Waals surface area contributed by atoms with Gasteiger partial charge in [-0.3, -0.25) is 0 Å². The van der Waals surface area contributed by atoms with E-state index >= 15 is 0 Å². The molecule has 1 aromatic carbocycles. The molecule has 0 aliphatic rings. The van der Waals surface area contributed by atoms with E-state index in [1.807, 2.05) is 0 Å². The van der Waals surface area contributed by atoms with Crippen LogP contribution in [0.4, 0.5) is 0 Å². The van der Waals surface area contributed by atoms with E-state index in [0.29, 0.717) is 0 Å². The van der Waals surface area contributed by atoms with E-state index in [1.165, 1.54) is 84.2 Å². The predicted molar refractivity (Wildman–Crippen MR) is 108 cm³/mol. The third-order valence-electron chi connectivity index (χ3n) is 3.76. The minimum atomic E-state index is 1.26. The van der Waals surface area contributed by atoms with E-state index in [1.54, 1.807) is 0 Å². The Bertz CT molecular complexity index is 319. The summed E-state index contributed by atoms with van der Waals surface area (Å²) in [6, 6.07) is 8.98. The molecular weight excluding hydrogens is 470 g/mol. The molecule has 0 heterocycles. The fourth-order valence-electron chi connectivity index (χ4n) is 2.49. The molecule has 0 amide bonds. The summed E-state index contributed by atoms with van der Waals surface area (Å²) >= 11 is 4.85. The van der Waals surface area contributed by atoms with Crippen LogP contribution in [0.1, 0.15) is 69.8 Å². The third kappa shape index (κ3) is 10.4. The quantitative estimate of drug-likeness (QED) is 0.163. The first-order valence-corrected chi connectivity index (χ1v) is 10.7. The maximum absolute atomic E-state index is 2.48. The van der Waals surface area contributed by atoms with Crippen molar-refractivity contribution in [2.24, 2.45) is 0 Å². The second kappa shape index (κ2) is 13.4. The summed E-state index contributed by atoms with van der Waals surface area (Å²) in [7, 11) is 0. The first-order chi connectivity index (χ1) is 9.83. The number of benzene rings is 1. The van der Waals surface area contributed by atoms with Crippen LogP contribution in [-0.2, 0) is 6.42 Å². The van der Waals surface area contributed by atoms with Crippen molar-refractivity contribution >= 4 is 45.2 Å². The Morgan fingerprint density at radius 3 is 1.55 bits per heavy atom. The van der Waals surface area contributed by atoms with Gasteiger partial charge in [0, 0.05) is 3.57 Å². The number of alkyl halides is 1. The molecule has 0 unspecified atom stereocenters. The first kappa shape index (κ1) is 18.7.